The van der Waals surface area contributed by atoms with Crippen LogP contribution in [0.2, 0.25) is 0 Å². The molecule has 0 aromatic heterocycles. The molecule has 3 nitrogen and oxygen atoms in total. The lowest BCUT2D eigenvalue weighted by molar-refractivity contribution is -0.0328. The molecule has 0 aliphatic heterocycles. The van der Waals surface area contributed by atoms with E-state index < -0.39 is 5.51 Å². The Morgan fingerprint density at radius 1 is 1.33 bits per heavy atom. The van der Waals surface area contributed by atoms with E-state index in [-0.39, 0.29) is 27.9 Å². The van der Waals surface area contributed by atoms with Crippen LogP contribution in [0.3, 0.4) is 0 Å². The Labute approximate surface area is 88.0 Å². The van der Waals surface area contributed by atoms with Crippen molar-refractivity contribution in [2.45, 2.75) is 10.4 Å². The first-order valence-corrected chi connectivity index (χ1v) is 4.54. The summed E-state index contributed by atoms with van der Waals surface area (Å²) in [5.41, 5.74) is -1.79. The first-order chi connectivity index (χ1) is 6.94. The van der Waals surface area contributed by atoms with Gasteiger partial charge in [0.1, 0.15) is 0 Å². The Bertz CT molecular complexity index is 397. The summed E-state index contributed by atoms with van der Waals surface area (Å²) < 4.78 is 36.1. The third-order valence-corrected chi connectivity index (χ3v) is 2.14. The van der Waals surface area contributed by atoms with Crippen LogP contribution in [0.25, 0.3) is 0 Å². The quantitative estimate of drug-likeness (QED) is 0.468. The van der Waals surface area contributed by atoms with Crippen LogP contribution in [0.4, 0.5) is 18.9 Å². The third kappa shape index (κ3) is 3.69. The van der Waals surface area contributed by atoms with Crippen molar-refractivity contribution in [2.24, 2.45) is 5.84 Å². The predicted molar refractivity (Wildman–Crippen MR) is 50.9 cm³/mol. The molecule has 7 heteroatoms. The predicted octanol–water partition coefficient (Wildman–Crippen LogP) is 2.46. The average Bonchev–Trinajstić information content (AvgIpc) is 2.14. The second-order valence-electron chi connectivity index (χ2n) is 2.55. The Hall–Kier alpha value is -1.39. The van der Waals surface area contributed by atoms with Gasteiger partial charge in [0.2, 0.25) is 0 Å². The molecule has 1 rings (SSSR count). The van der Waals surface area contributed by atoms with Crippen LogP contribution in [0, 0.1) is 11.3 Å². The number of hydrogen-bond acceptors (Lipinski definition) is 4. The molecule has 0 radical (unpaired) electrons. The van der Waals surface area contributed by atoms with Crippen LogP contribution in [-0.2, 0) is 0 Å². The summed E-state index contributed by atoms with van der Waals surface area (Å²) in [4.78, 5) is -0.0745. The summed E-state index contributed by atoms with van der Waals surface area (Å²) in [5, 5.41) is 8.57. The van der Waals surface area contributed by atoms with Gasteiger partial charge in [-0.15, -0.1) is 0 Å². The molecule has 15 heavy (non-hydrogen) atoms. The van der Waals surface area contributed by atoms with E-state index in [0.29, 0.717) is 0 Å². The smallest absolute Gasteiger partial charge is 0.324 e. The minimum absolute atomic E-state index is 0.0745. The van der Waals surface area contributed by atoms with Crippen LogP contribution in [0.15, 0.2) is 23.1 Å². The molecular formula is C8H6F3N3S. The van der Waals surface area contributed by atoms with Crippen LogP contribution in [0.1, 0.15) is 5.56 Å². The molecule has 0 amide bonds. The van der Waals surface area contributed by atoms with Crippen molar-refractivity contribution in [3.63, 3.8) is 0 Å². The lowest BCUT2D eigenvalue weighted by atomic mass is 10.2. The second-order valence-corrected chi connectivity index (χ2v) is 3.69. The van der Waals surface area contributed by atoms with Crippen molar-refractivity contribution >= 4 is 17.4 Å². The van der Waals surface area contributed by atoms with Crippen molar-refractivity contribution in [2.75, 3.05) is 5.43 Å². The Balaban J connectivity index is 3.03. The largest absolute Gasteiger partial charge is 0.446 e. The fourth-order valence-corrected chi connectivity index (χ4v) is 1.58. The SMILES string of the molecule is N#Cc1cc(NN)cc(SC(F)(F)F)c1. The first-order valence-electron chi connectivity index (χ1n) is 3.72. The number of nitrogen functional groups attached to an aromatic ring is 1. The van der Waals surface area contributed by atoms with E-state index in [4.69, 9.17) is 11.1 Å². The van der Waals surface area contributed by atoms with Crippen molar-refractivity contribution in [3.05, 3.63) is 23.8 Å². The van der Waals surface area contributed by atoms with Gasteiger partial charge in [0.05, 0.1) is 17.3 Å². The lowest BCUT2D eigenvalue weighted by Gasteiger charge is -2.07. The topological polar surface area (TPSA) is 61.8 Å². The fraction of sp³-hybridized carbons (Fsp3) is 0.125. The number of anilines is 1. The number of rotatable bonds is 2. The maximum atomic E-state index is 12.0. The van der Waals surface area contributed by atoms with Gasteiger partial charge in [-0.2, -0.15) is 18.4 Å². The number of nitriles is 1. The molecule has 1 aromatic rings. The zero-order valence-electron chi connectivity index (χ0n) is 7.30. The minimum Gasteiger partial charge on any atom is -0.324 e. The molecule has 3 N–H and O–H groups in total. The monoisotopic (exact) mass is 233 g/mol. The number of hydrazine groups is 1. The van der Waals surface area contributed by atoms with Gasteiger partial charge in [0.15, 0.2) is 0 Å². The number of nitrogens with zero attached hydrogens (tertiary/aromatic N) is 1. The molecule has 0 bridgehead atoms. The molecule has 0 saturated heterocycles. The Morgan fingerprint density at radius 3 is 2.47 bits per heavy atom. The number of hydrogen-bond donors (Lipinski definition) is 2. The molecule has 1 aromatic carbocycles. The zero-order chi connectivity index (χ0) is 11.5. The van der Waals surface area contributed by atoms with Gasteiger partial charge in [-0.3, -0.25) is 5.84 Å². The van der Waals surface area contributed by atoms with E-state index in [0.717, 1.165) is 6.07 Å². The molecule has 0 aliphatic rings. The van der Waals surface area contributed by atoms with Crippen molar-refractivity contribution in [1.82, 2.24) is 0 Å². The van der Waals surface area contributed by atoms with E-state index in [1.165, 1.54) is 12.1 Å². The second kappa shape index (κ2) is 4.42. The van der Waals surface area contributed by atoms with Crippen molar-refractivity contribution in [1.29, 1.82) is 5.26 Å². The molecule has 0 heterocycles. The molecule has 80 valence electrons. The van der Waals surface area contributed by atoms with E-state index in [1.54, 1.807) is 6.07 Å². The van der Waals surface area contributed by atoms with E-state index >= 15 is 0 Å². The highest BCUT2D eigenvalue weighted by Gasteiger charge is 2.29. The highest BCUT2D eigenvalue weighted by molar-refractivity contribution is 8.00. The Kier molecular flexibility index (Phi) is 3.44. The maximum absolute atomic E-state index is 12.0. The number of nitrogens with two attached hydrogens (primary N) is 1. The normalized spacial score (nSPS) is 10.9. The molecular weight excluding hydrogens is 227 g/mol. The van der Waals surface area contributed by atoms with Crippen LogP contribution in [-0.4, -0.2) is 5.51 Å². The highest BCUT2D eigenvalue weighted by Crippen LogP contribution is 2.38. The van der Waals surface area contributed by atoms with Crippen molar-refractivity contribution < 1.29 is 13.2 Å². The molecule has 0 atom stereocenters. The number of benzene rings is 1. The average molecular weight is 233 g/mol. The summed E-state index contributed by atoms with van der Waals surface area (Å²) in [6.07, 6.45) is 0. The summed E-state index contributed by atoms with van der Waals surface area (Å²) >= 11 is -0.287. The summed E-state index contributed by atoms with van der Waals surface area (Å²) in [5.74, 6) is 5.06. The third-order valence-electron chi connectivity index (χ3n) is 1.44. The Morgan fingerprint density at radius 2 is 2.00 bits per heavy atom. The van der Waals surface area contributed by atoms with E-state index in [1.807, 2.05) is 0 Å². The molecule has 0 aliphatic carbocycles. The summed E-state index contributed by atoms with van der Waals surface area (Å²) in [7, 11) is 0. The number of nitrogens with one attached hydrogen (secondary N) is 1. The van der Waals surface area contributed by atoms with Gasteiger partial charge in [-0.1, -0.05) is 0 Å². The van der Waals surface area contributed by atoms with Gasteiger partial charge in [-0.25, -0.2) is 0 Å². The molecule has 0 saturated carbocycles. The zero-order valence-corrected chi connectivity index (χ0v) is 8.12. The molecule has 0 spiro atoms. The first kappa shape index (κ1) is 11.7. The lowest BCUT2D eigenvalue weighted by Crippen LogP contribution is -2.07. The van der Waals surface area contributed by atoms with Gasteiger partial charge in [-0.05, 0) is 30.0 Å². The van der Waals surface area contributed by atoms with Crippen LogP contribution < -0.4 is 11.3 Å². The van der Waals surface area contributed by atoms with E-state index in [2.05, 4.69) is 5.43 Å². The van der Waals surface area contributed by atoms with Crippen LogP contribution in [0.5, 0.6) is 0 Å². The van der Waals surface area contributed by atoms with Gasteiger partial charge < -0.3 is 5.43 Å². The number of alkyl halides is 3. The van der Waals surface area contributed by atoms with E-state index in [9.17, 15) is 13.2 Å². The highest BCUT2D eigenvalue weighted by atomic mass is 32.2. The summed E-state index contributed by atoms with van der Waals surface area (Å²) in [6, 6.07) is 5.49. The van der Waals surface area contributed by atoms with Gasteiger partial charge in [0, 0.05) is 4.90 Å². The van der Waals surface area contributed by atoms with Crippen LogP contribution >= 0.6 is 11.8 Å². The standard InChI is InChI=1S/C8H6F3N3S/c9-8(10,11)15-7-2-5(4-12)1-6(3-7)14-13/h1-3,14H,13H2. The van der Waals surface area contributed by atoms with Gasteiger partial charge >= 0.3 is 5.51 Å². The minimum atomic E-state index is -4.38. The van der Waals surface area contributed by atoms with Crippen molar-refractivity contribution in [3.8, 4) is 6.07 Å². The fourth-order valence-electron chi connectivity index (χ4n) is 0.939. The number of thioether (sulfide) groups is 1. The molecule has 0 unspecified atom stereocenters. The maximum Gasteiger partial charge on any atom is 0.446 e. The van der Waals surface area contributed by atoms with Gasteiger partial charge in [0.25, 0.3) is 0 Å². The number of halogens is 3. The summed E-state index contributed by atoms with van der Waals surface area (Å²) in [6.45, 7) is 0. The molecule has 0 fully saturated rings.